The highest BCUT2D eigenvalue weighted by molar-refractivity contribution is 6.30. The van der Waals surface area contributed by atoms with E-state index in [1.807, 2.05) is 51.2 Å². The molecule has 0 radical (unpaired) electrons. The number of nitrogens with zero attached hydrogens (tertiary/aromatic N) is 5. The second kappa shape index (κ2) is 15.9. The Kier molecular flexibility index (Phi) is 11.7. The molecule has 244 valence electrons. The summed E-state index contributed by atoms with van der Waals surface area (Å²) in [6, 6.07) is 22.6. The number of aliphatic imine (C=N–C) groups is 1. The van der Waals surface area contributed by atoms with Crippen molar-refractivity contribution in [3.8, 4) is 11.4 Å². The van der Waals surface area contributed by atoms with Gasteiger partial charge in [0.1, 0.15) is 0 Å². The van der Waals surface area contributed by atoms with Gasteiger partial charge in [0.05, 0.1) is 12.3 Å². The maximum Gasteiger partial charge on any atom is 0.178 e. The van der Waals surface area contributed by atoms with Crippen molar-refractivity contribution < 1.29 is 4.79 Å². The Bertz CT molecular complexity index is 1620. The summed E-state index contributed by atoms with van der Waals surface area (Å²) in [5, 5.41) is 0.720. The number of aromatic nitrogens is 2. The zero-order valence-electron chi connectivity index (χ0n) is 28.4. The molecular weight excluding hydrogens is 590 g/mol. The zero-order valence-corrected chi connectivity index (χ0v) is 29.1. The smallest absolute Gasteiger partial charge is 0.178 e. The normalized spacial score (nSPS) is 16.3. The molecule has 6 rings (SSSR count). The van der Waals surface area contributed by atoms with Crippen LogP contribution in [0.1, 0.15) is 77.2 Å². The SMILES string of the molecule is CN=C(CN1CCCCC1)c1cc(C)n(-c2ccccc2)c1C.Cc1cc(C(=O)CN2CCCCC2)c(C)n1-c1ccc(Cl)cc1. The number of benzene rings is 2. The van der Waals surface area contributed by atoms with Gasteiger partial charge in [0.25, 0.3) is 0 Å². The maximum atomic E-state index is 12.7. The predicted octanol–water partition coefficient (Wildman–Crippen LogP) is 8.42. The Labute approximate surface area is 280 Å². The molecule has 6 nitrogen and oxygen atoms in total. The van der Waals surface area contributed by atoms with Gasteiger partial charge >= 0.3 is 0 Å². The minimum absolute atomic E-state index is 0.222. The Hall–Kier alpha value is -3.45. The second-order valence-electron chi connectivity index (χ2n) is 12.8. The van der Waals surface area contributed by atoms with Crippen LogP contribution < -0.4 is 0 Å². The van der Waals surface area contributed by atoms with E-state index < -0.39 is 0 Å². The van der Waals surface area contributed by atoms with Crippen LogP contribution >= 0.6 is 11.6 Å². The zero-order chi connectivity index (χ0) is 32.6. The van der Waals surface area contributed by atoms with Crippen LogP contribution in [0.25, 0.3) is 11.4 Å². The van der Waals surface area contributed by atoms with Crippen molar-refractivity contribution in [1.82, 2.24) is 18.9 Å². The molecule has 2 aliphatic heterocycles. The standard InChI is InChI=1S/C20H27N3.C19H23ClN2O/c1-16-14-19(17(2)23(16)18-10-6-4-7-11-18)20(21-3)15-22-12-8-5-9-13-22;1-14-12-18(19(23)13-21-10-4-3-5-11-21)15(2)22(14)17-8-6-16(20)7-9-17/h4,6-7,10-11,14H,5,8-9,12-13,15H2,1-3H3;6-9,12H,3-5,10-11,13H2,1-2H3. The number of Topliss-reactive ketones (excluding diaryl/α,β-unsaturated/α-hetero) is 1. The lowest BCUT2D eigenvalue weighted by Crippen LogP contribution is -2.35. The van der Waals surface area contributed by atoms with E-state index in [-0.39, 0.29) is 5.78 Å². The fraction of sp³-hybridized carbons (Fsp3) is 0.436. The van der Waals surface area contributed by atoms with Crippen molar-refractivity contribution in [1.29, 1.82) is 0 Å². The van der Waals surface area contributed by atoms with Crippen molar-refractivity contribution in [2.24, 2.45) is 4.99 Å². The van der Waals surface area contributed by atoms with Crippen LogP contribution in [0.5, 0.6) is 0 Å². The summed E-state index contributed by atoms with van der Waals surface area (Å²) in [5.74, 6) is 0.222. The molecule has 46 heavy (non-hydrogen) atoms. The lowest BCUT2D eigenvalue weighted by Gasteiger charge is -2.27. The number of piperidine rings is 2. The van der Waals surface area contributed by atoms with Crippen LogP contribution in [-0.2, 0) is 0 Å². The fourth-order valence-electron chi connectivity index (χ4n) is 7.07. The van der Waals surface area contributed by atoms with Crippen molar-refractivity contribution in [3.63, 3.8) is 0 Å². The molecule has 2 aliphatic rings. The third-order valence-electron chi connectivity index (χ3n) is 9.48. The van der Waals surface area contributed by atoms with E-state index in [4.69, 9.17) is 11.6 Å². The van der Waals surface area contributed by atoms with Crippen LogP contribution in [0.4, 0.5) is 0 Å². The Morgan fingerprint density at radius 2 is 1.13 bits per heavy atom. The number of rotatable bonds is 8. The van der Waals surface area contributed by atoms with Gasteiger partial charge in [-0.1, -0.05) is 42.6 Å². The van der Waals surface area contributed by atoms with Gasteiger partial charge < -0.3 is 9.13 Å². The first kappa shape index (κ1) is 33.9. The first-order valence-electron chi connectivity index (χ1n) is 16.9. The number of ketones is 1. The van der Waals surface area contributed by atoms with Crippen molar-refractivity contribution in [2.75, 3.05) is 46.3 Å². The van der Waals surface area contributed by atoms with Gasteiger partial charge in [-0.2, -0.15) is 0 Å². The predicted molar refractivity (Wildman–Crippen MR) is 193 cm³/mol. The molecule has 0 aliphatic carbocycles. The minimum atomic E-state index is 0.222. The molecule has 2 fully saturated rings. The van der Waals surface area contributed by atoms with E-state index in [2.05, 4.69) is 74.2 Å². The third kappa shape index (κ3) is 8.09. The molecular formula is C39H50ClN5O. The molecule has 4 heterocycles. The molecule has 2 aromatic carbocycles. The molecule has 2 saturated heterocycles. The number of para-hydroxylation sites is 1. The monoisotopic (exact) mass is 639 g/mol. The van der Waals surface area contributed by atoms with E-state index in [0.29, 0.717) is 6.54 Å². The van der Waals surface area contributed by atoms with E-state index in [1.165, 1.54) is 80.0 Å². The van der Waals surface area contributed by atoms with E-state index in [0.717, 1.165) is 47.3 Å². The average Bonchev–Trinajstić information content (AvgIpc) is 3.54. The van der Waals surface area contributed by atoms with Gasteiger partial charge in [-0.15, -0.1) is 0 Å². The number of halogens is 1. The number of likely N-dealkylation sites (tertiary alicyclic amines) is 2. The van der Waals surface area contributed by atoms with Crippen LogP contribution in [-0.4, -0.2) is 76.7 Å². The van der Waals surface area contributed by atoms with Gasteiger partial charge in [-0.3, -0.25) is 19.6 Å². The molecule has 0 amide bonds. The number of hydrogen-bond donors (Lipinski definition) is 0. The van der Waals surface area contributed by atoms with Crippen LogP contribution in [0, 0.1) is 27.7 Å². The Morgan fingerprint density at radius 3 is 1.67 bits per heavy atom. The number of carbonyl (C=O) groups is 1. The van der Waals surface area contributed by atoms with Gasteiger partial charge in [0.15, 0.2) is 5.78 Å². The summed E-state index contributed by atoms with van der Waals surface area (Å²) in [6.45, 7) is 14.4. The maximum absolute atomic E-state index is 12.7. The molecule has 2 aromatic heterocycles. The average molecular weight is 640 g/mol. The quantitative estimate of drug-likeness (QED) is 0.144. The van der Waals surface area contributed by atoms with Gasteiger partial charge in [-0.25, -0.2) is 0 Å². The summed E-state index contributed by atoms with van der Waals surface area (Å²) in [5.41, 5.74) is 10.2. The third-order valence-corrected chi connectivity index (χ3v) is 9.73. The summed E-state index contributed by atoms with van der Waals surface area (Å²) in [4.78, 5) is 22.2. The lowest BCUT2D eigenvalue weighted by atomic mass is 10.1. The summed E-state index contributed by atoms with van der Waals surface area (Å²) in [6.07, 6.45) is 7.71. The summed E-state index contributed by atoms with van der Waals surface area (Å²) >= 11 is 5.97. The van der Waals surface area contributed by atoms with E-state index in [1.54, 1.807) is 0 Å². The molecule has 0 bridgehead atoms. The van der Waals surface area contributed by atoms with E-state index >= 15 is 0 Å². The highest BCUT2D eigenvalue weighted by Gasteiger charge is 2.21. The topological polar surface area (TPSA) is 45.8 Å². The van der Waals surface area contributed by atoms with E-state index in [9.17, 15) is 4.79 Å². The van der Waals surface area contributed by atoms with Crippen LogP contribution in [0.3, 0.4) is 0 Å². The summed E-state index contributed by atoms with van der Waals surface area (Å²) < 4.78 is 4.45. The van der Waals surface area contributed by atoms with Crippen LogP contribution in [0.2, 0.25) is 5.02 Å². The van der Waals surface area contributed by atoms with Gasteiger partial charge in [0.2, 0.25) is 0 Å². The highest BCUT2D eigenvalue weighted by Crippen LogP contribution is 2.24. The van der Waals surface area contributed by atoms with Gasteiger partial charge in [0, 0.05) is 63.9 Å². The van der Waals surface area contributed by atoms with Crippen molar-refractivity contribution in [3.05, 3.63) is 106 Å². The largest absolute Gasteiger partial charge is 0.318 e. The Balaban J connectivity index is 0.000000181. The Morgan fingerprint density at radius 1 is 0.652 bits per heavy atom. The lowest BCUT2D eigenvalue weighted by molar-refractivity contribution is 0.0915. The van der Waals surface area contributed by atoms with Crippen LogP contribution in [0.15, 0.2) is 71.7 Å². The first-order valence-corrected chi connectivity index (χ1v) is 17.3. The fourth-order valence-corrected chi connectivity index (χ4v) is 7.20. The molecule has 0 saturated carbocycles. The second-order valence-corrected chi connectivity index (χ2v) is 13.3. The molecule has 0 atom stereocenters. The summed E-state index contributed by atoms with van der Waals surface area (Å²) in [7, 11) is 1.92. The molecule has 0 N–H and O–H groups in total. The minimum Gasteiger partial charge on any atom is -0.318 e. The highest BCUT2D eigenvalue weighted by atomic mass is 35.5. The van der Waals surface area contributed by atoms with Gasteiger partial charge in [-0.05, 0) is 128 Å². The number of hydrogen-bond acceptors (Lipinski definition) is 4. The number of aryl methyl sites for hydroxylation is 2. The molecule has 4 aromatic rings. The molecule has 7 heteroatoms. The molecule has 0 spiro atoms. The molecule has 0 unspecified atom stereocenters. The van der Waals surface area contributed by atoms with Crippen molar-refractivity contribution in [2.45, 2.75) is 66.2 Å². The number of carbonyl (C=O) groups excluding carboxylic acids is 1. The van der Waals surface area contributed by atoms with Crippen molar-refractivity contribution >= 4 is 23.1 Å². The first-order chi connectivity index (χ1) is 22.3.